The number of anilines is 1. The lowest BCUT2D eigenvalue weighted by Gasteiger charge is -2.11. The van der Waals surface area contributed by atoms with E-state index in [2.05, 4.69) is 31.4 Å². The van der Waals surface area contributed by atoms with Gasteiger partial charge in [0, 0.05) is 22.3 Å². The third kappa shape index (κ3) is 4.72. The van der Waals surface area contributed by atoms with Crippen LogP contribution in [0.2, 0.25) is 0 Å². The van der Waals surface area contributed by atoms with Gasteiger partial charge in [-0.3, -0.25) is 9.59 Å². The second-order valence-corrected chi connectivity index (χ2v) is 7.48. The van der Waals surface area contributed by atoms with Crippen molar-refractivity contribution in [2.45, 2.75) is 6.54 Å². The standard InChI is InChI=1S/C22H17BrN4O4/c1-30-18-5-3-2-4-17(18)24-19(28)13-27-12-15(8-11-20(27)29)22-25-21(26-31-22)14-6-9-16(23)10-7-14/h2-12H,13H2,1H3,(H,24,28). The smallest absolute Gasteiger partial charge is 0.259 e. The number of para-hydroxylation sites is 2. The average molecular weight is 481 g/mol. The van der Waals surface area contributed by atoms with E-state index in [-0.39, 0.29) is 23.9 Å². The summed E-state index contributed by atoms with van der Waals surface area (Å²) in [7, 11) is 1.52. The number of rotatable bonds is 6. The minimum absolute atomic E-state index is 0.182. The van der Waals surface area contributed by atoms with Crippen molar-refractivity contribution in [2.75, 3.05) is 12.4 Å². The number of amides is 1. The minimum Gasteiger partial charge on any atom is -0.495 e. The average Bonchev–Trinajstić information content (AvgIpc) is 3.26. The summed E-state index contributed by atoms with van der Waals surface area (Å²) in [6.45, 7) is -0.182. The second-order valence-electron chi connectivity index (χ2n) is 6.56. The van der Waals surface area contributed by atoms with Crippen LogP contribution in [0.5, 0.6) is 5.75 Å². The number of nitrogens with one attached hydrogen (secondary N) is 1. The maximum atomic E-state index is 12.5. The Labute approximate surface area is 185 Å². The van der Waals surface area contributed by atoms with E-state index < -0.39 is 0 Å². The third-order valence-corrected chi connectivity index (χ3v) is 4.98. The highest BCUT2D eigenvalue weighted by atomic mass is 79.9. The molecule has 2 aromatic heterocycles. The van der Waals surface area contributed by atoms with Crippen molar-refractivity contribution < 1.29 is 14.1 Å². The fourth-order valence-corrected chi connectivity index (χ4v) is 3.20. The molecule has 0 radical (unpaired) electrons. The minimum atomic E-state index is -0.371. The highest BCUT2D eigenvalue weighted by molar-refractivity contribution is 9.10. The summed E-state index contributed by atoms with van der Waals surface area (Å²) in [6.07, 6.45) is 1.52. The molecule has 4 rings (SSSR count). The Morgan fingerprint density at radius 3 is 2.61 bits per heavy atom. The van der Waals surface area contributed by atoms with E-state index in [0.29, 0.717) is 22.8 Å². The zero-order valence-corrected chi connectivity index (χ0v) is 18.0. The van der Waals surface area contributed by atoms with E-state index in [1.165, 1.54) is 23.9 Å². The predicted molar refractivity (Wildman–Crippen MR) is 119 cm³/mol. The Kier molecular flexibility index (Phi) is 5.94. The van der Waals surface area contributed by atoms with Crippen molar-refractivity contribution in [3.05, 3.63) is 81.7 Å². The van der Waals surface area contributed by atoms with Crippen molar-refractivity contribution >= 4 is 27.5 Å². The molecule has 0 spiro atoms. The van der Waals surface area contributed by atoms with E-state index in [4.69, 9.17) is 9.26 Å². The van der Waals surface area contributed by atoms with E-state index in [0.717, 1.165) is 10.0 Å². The third-order valence-electron chi connectivity index (χ3n) is 4.45. The van der Waals surface area contributed by atoms with Gasteiger partial charge in [-0.05, 0) is 42.5 Å². The van der Waals surface area contributed by atoms with Gasteiger partial charge in [0.15, 0.2) is 0 Å². The number of nitrogens with zero attached hydrogens (tertiary/aromatic N) is 3. The Bertz CT molecular complexity index is 1280. The molecule has 156 valence electrons. The molecule has 0 saturated carbocycles. The molecule has 0 aliphatic heterocycles. The molecule has 0 aliphatic rings. The van der Waals surface area contributed by atoms with E-state index in [1.54, 1.807) is 30.3 Å². The first-order valence-corrected chi connectivity index (χ1v) is 10.1. The summed E-state index contributed by atoms with van der Waals surface area (Å²) in [5, 5.41) is 6.75. The van der Waals surface area contributed by atoms with Gasteiger partial charge < -0.3 is 19.1 Å². The molecule has 0 saturated heterocycles. The molecule has 1 N–H and O–H groups in total. The zero-order valence-electron chi connectivity index (χ0n) is 16.4. The molecule has 0 fully saturated rings. The fourth-order valence-electron chi connectivity index (χ4n) is 2.93. The Morgan fingerprint density at radius 1 is 1.10 bits per heavy atom. The van der Waals surface area contributed by atoms with Crippen LogP contribution < -0.4 is 15.6 Å². The Hall–Kier alpha value is -3.72. The number of carbonyl (C=O) groups excluding carboxylic acids is 1. The summed E-state index contributed by atoms with van der Waals surface area (Å²) >= 11 is 3.39. The summed E-state index contributed by atoms with van der Waals surface area (Å²) in [4.78, 5) is 29.1. The van der Waals surface area contributed by atoms with Crippen LogP contribution in [0, 0.1) is 0 Å². The quantitative estimate of drug-likeness (QED) is 0.448. The van der Waals surface area contributed by atoms with Gasteiger partial charge in [-0.2, -0.15) is 4.98 Å². The van der Waals surface area contributed by atoms with Gasteiger partial charge in [-0.1, -0.05) is 33.2 Å². The molecule has 0 unspecified atom stereocenters. The first-order chi connectivity index (χ1) is 15.0. The van der Waals surface area contributed by atoms with Crippen LogP contribution in [0.25, 0.3) is 22.8 Å². The highest BCUT2D eigenvalue weighted by Gasteiger charge is 2.14. The van der Waals surface area contributed by atoms with Crippen LogP contribution in [0.3, 0.4) is 0 Å². The molecule has 8 nitrogen and oxygen atoms in total. The summed E-state index contributed by atoms with van der Waals surface area (Å²) in [5.41, 5.74) is 1.52. The Balaban J connectivity index is 1.54. The van der Waals surface area contributed by atoms with Gasteiger partial charge in [0.25, 0.3) is 11.4 Å². The number of ether oxygens (including phenoxy) is 1. The fraction of sp³-hybridized carbons (Fsp3) is 0.0909. The van der Waals surface area contributed by atoms with Gasteiger partial charge in [0.1, 0.15) is 12.3 Å². The molecular weight excluding hydrogens is 464 g/mol. The van der Waals surface area contributed by atoms with Gasteiger partial charge in [-0.15, -0.1) is 0 Å². The number of aromatic nitrogens is 3. The van der Waals surface area contributed by atoms with Crippen molar-refractivity contribution in [2.24, 2.45) is 0 Å². The lowest BCUT2D eigenvalue weighted by Crippen LogP contribution is -2.27. The van der Waals surface area contributed by atoms with Crippen LogP contribution in [-0.4, -0.2) is 27.7 Å². The van der Waals surface area contributed by atoms with Crippen LogP contribution >= 0.6 is 15.9 Å². The largest absolute Gasteiger partial charge is 0.495 e. The predicted octanol–water partition coefficient (Wildman–Crippen LogP) is 3.98. The number of benzene rings is 2. The summed E-state index contributed by atoms with van der Waals surface area (Å²) < 4.78 is 12.8. The number of pyridine rings is 1. The summed E-state index contributed by atoms with van der Waals surface area (Å²) in [6, 6.07) is 17.5. The topological polar surface area (TPSA) is 99.2 Å². The zero-order chi connectivity index (χ0) is 21.8. The maximum absolute atomic E-state index is 12.5. The number of halogens is 1. The van der Waals surface area contributed by atoms with Crippen molar-refractivity contribution in [1.82, 2.24) is 14.7 Å². The molecular formula is C22H17BrN4O4. The molecule has 0 atom stereocenters. The monoisotopic (exact) mass is 480 g/mol. The Morgan fingerprint density at radius 2 is 1.84 bits per heavy atom. The van der Waals surface area contributed by atoms with Crippen LogP contribution in [0.1, 0.15) is 0 Å². The van der Waals surface area contributed by atoms with E-state index >= 15 is 0 Å². The van der Waals surface area contributed by atoms with E-state index in [1.807, 2.05) is 24.3 Å². The molecule has 9 heteroatoms. The van der Waals surface area contributed by atoms with Crippen molar-refractivity contribution in [3.63, 3.8) is 0 Å². The molecule has 4 aromatic rings. The number of hydrogen-bond acceptors (Lipinski definition) is 6. The molecule has 2 aromatic carbocycles. The SMILES string of the molecule is COc1ccccc1NC(=O)Cn1cc(-c2nc(-c3ccc(Br)cc3)no2)ccc1=O. The lowest BCUT2D eigenvalue weighted by atomic mass is 10.2. The van der Waals surface area contributed by atoms with Gasteiger partial charge >= 0.3 is 0 Å². The number of carbonyl (C=O) groups is 1. The normalized spacial score (nSPS) is 10.6. The molecule has 0 aliphatic carbocycles. The van der Waals surface area contributed by atoms with Gasteiger partial charge in [0.2, 0.25) is 11.7 Å². The first-order valence-electron chi connectivity index (χ1n) is 9.27. The lowest BCUT2D eigenvalue weighted by molar-refractivity contribution is -0.116. The first kappa shape index (κ1) is 20.5. The number of hydrogen-bond donors (Lipinski definition) is 1. The van der Waals surface area contributed by atoms with Crippen LogP contribution in [-0.2, 0) is 11.3 Å². The van der Waals surface area contributed by atoms with E-state index in [9.17, 15) is 9.59 Å². The van der Waals surface area contributed by atoms with Crippen molar-refractivity contribution in [3.8, 4) is 28.6 Å². The second kappa shape index (κ2) is 8.97. The summed E-state index contributed by atoms with van der Waals surface area (Å²) in [5.74, 6) is 0.832. The molecule has 2 heterocycles. The highest BCUT2D eigenvalue weighted by Crippen LogP contribution is 2.24. The molecule has 31 heavy (non-hydrogen) atoms. The number of methoxy groups -OCH3 is 1. The van der Waals surface area contributed by atoms with Crippen molar-refractivity contribution in [1.29, 1.82) is 0 Å². The molecule has 1 amide bonds. The molecule has 0 bridgehead atoms. The maximum Gasteiger partial charge on any atom is 0.259 e. The van der Waals surface area contributed by atoms with Gasteiger partial charge in [0.05, 0.1) is 18.4 Å². The van der Waals surface area contributed by atoms with Crippen LogP contribution in [0.15, 0.2) is 80.7 Å². The van der Waals surface area contributed by atoms with Crippen LogP contribution in [0.4, 0.5) is 5.69 Å². The van der Waals surface area contributed by atoms with Gasteiger partial charge in [-0.25, -0.2) is 0 Å².